The lowest BCUT2D eigenvalue weighted by Gasteiger charge is -2.41. The quantitative estimate of drug-likeness (QED) is 0.526. The van der Waals surface area contributed by atoms with Crippen molar-refractivity contribution in [3.8, 4) is 0 Å². The van der Waals surface area contributed by atoms with Gasteiger partial charge in [-0.1, -0.05) is 48.7 Å². The number of hydrogen-bond acceptors (Lipinski definition) is 4. The standard InChI is InChI=1S/C24H26ClFN2O2/c1-29-24(26)14-13-21(16-23(24,25)30-22-11-5-6-12-22)28(20-9-3-2-4-10-20)18-19-8-7-15-27-17-19/h2-4,7-10,13-17,22H,5-6,11-12,18H2,1H3. The molecule has 2 aliphatic rings. The van der Waals surface area contributed by atoms with Crippen molar-refractivity contribution in [1.82, 2.24) is 4.98 Å². The number of rotatable bonds is 7. The molecule has 4 nitrogen and oxygen atoms in total. The lowest BCUT2D eigenvalue weighted by atomic mass is 10.0. The number of nitrogens with zero attached hydrogens (tertiary/aromatic N) is 2. The van der Waals surface area contributed by atoms with Gasteiger partial charge < -0.3 is 14.4 Å². The van der Waals surface area contributed by atoms with Crippen molar-refractivity contribution in [2.24, 2.45) is 0 Å². The van der Waals surface area contributed by atoms with E-state index in [1.54, 1.807) is 18.3 Å². The third kappa shape index (κ3) is 4.29. The number of allylic oxidation sites excluding steroid dienone is 1. The first-order chi connectivity index (χ1) is 14.5. The van der Waals surface area contributed by atoms with Crippen LogP contribution in [0.3, 0.4) is 0 Å². The van der Waals surface area contributed by atoms with Crippen LogP contribution in [0.5, 0.6) is 0 Å². The smallest absolute Gasteiger partial charge is 0.276 e. The summed E-state index contributed by atoms with van der Waals surface area (Å²) in [5.41, 5.74) is 2.72. The Morgan fingerprint density at radius 2 is 1.93 bits per heavy atom. The van der Waals surface area contributed by atoms with E-state index in [4.69, 9.17) is 21.1 Å². The fourth-order valence-corrected chi connectivity index (χ4v) is 4.37. The van der Waals surface area contributed by atoms with Crippen LogP contribution in [-0.4, -0.2) is 29.1 Å². The first-order valence-corrected chi connectivity index (χ1v) is 10.7. The zero-order valence-electron chi connectivity index (χ0n) is 17.0. The number of methoxy groups -OCH3 is 1. The summed E-state index contributed by atoms with van der Waals surface area (Å²) in [6, 6.07) is 13.8. The van der Waals surface area contributed by atoms with E-state index in [0.717, 1.165) is 42.6 Å². The predicted octanol–water partition coefficient (Wildman–Crippen LogP) is 5.75. The van der Waals surface area contributed by atoms with Crippen LogP contribution in [0.4, 0.5) is 10.1 Å². The monoisotopic (exact) mass is 428 g/mol. The van der Waals surface area contributed by atoms with Crippen LogP contribution in [0, 0.1) is 0 Å². The third-order valence-electron chi connectivity index (χ3n) is 5.65. The minimum absolute atomic E-state index is 0.0831. The molecular weight excluding hydrogens is 403 g/mol. The summed E-state index contributed by atoms with van der Waals surface area (Å²) in [6.07, 6.45) is 12.0. The van der Waals surface area contributed by atoms with E-state index in [1.807, 2.05) is 48.7 Å². The SMILES string of the molecule is COC1(F)C=CC(N(Cc2cccnc2)c2ccccc2)=CC1(Cl)OC1CCCC1. The Bertz CT molecular complexity index is 902. The molecule has 158 valence electrons. The van der Waals surface area contributed by atoms with Crippen LogP contribution in [0.25, 0.3) is 0 Å². The maximum absolute atomic E-state index is 15.6. The van der Waals surface area contributed by atoms with Gasteiger partial charge in [0, 0.05) is 37.4 Å². The number of para-hydroxylation sites is 1. The minimum Gasteiger partial charge on any atom is -0.347 e. The summed E-state index contributed by atoms with van der Waals surface area (Å²) in [5.74, 6) is -2.25. The molecule has 1 heterocycles. The number of ether oxygens (including phenoxy) is 2. The second-order valence-corrected chi connectivity index (χ2v) is 8.27. The van der Waals surface area contributed by atoms with Crippen molar-refractivity contribution in [3.05, 3.63) is 84.3 Å². The molecule has 0 amide bonds. The topological polar surface area (TPSA) is 34.6 Å². The number of halogens is 2. The van der Waals surface area contributed by atoms with E-state index in [0.29, 0.717) is 6.54 Å². The van der Waals surface area contributed by atoms with Crippen LogP contribution < -0.4 is 4.90 Å². The van der Waals surface area contributed by atoms with Crippen LogP contribution in [0.2, 0.25) is 0 Å². The van der Waals surface area contributed by atoms with E-state index in [2.05, 4.69) is 9.88 Å². The molecule has 1 aromatic heterocycles. The van der Waals surface area contributed by atoms with Gasteiger partial charge in [0.1, 0.15) is 0 Å². The van der Waals surface area contributed by atoms with Gasteiger partial charge in [-0.15, -0.1) is 0 Å². The highest BCUT2D eigenvalue weighted by atomic mass is 35.5. The highest BCUT2D eigenvalue weighted by molar-refractivity contribution is 6.25. The molecule has 1 fully saturated rings. The zero-order chi connectivity index (χ0) is 21.0. The Hall–Kier alpha value is -2.21. The maximum atomic E-state index is 15.6. The molecule has 0 spiro atoms. The highest BCUT2D eigenvalue weighted by Gasteiger charge is 2.54. The van der Waals surface area contributed by atoms with Crippen LogP contribution >= 0.6 is 11.6 Å². The van der Waals surface area contributed by atoms with Crippen molar-refractivity contribution >= 4 is 17.3 Å². The van der Waals surface area contributed by atoms with Crippen molar-refractivity contribution in [2.75, 3.05) is 12.0 Å². The second-order valence-electron chi connectivity index (χ2n) is 7.70. The molecule has 0 radical (unpaired) electrons. The van der Waals surface area contributed by atoms with E-state index in [-0.39, 0.29) is 6.10 Å². The van der Waals surface area contributed by atoms with E-state index in [9.17, 15) is 0 Å². The molecule has 2 unspecified atom stereocenters. The van der Waals surface area contributed by atoms with Gasteiger partial charge in [-0.3, -0.25) is 4.98 Å². The summed E-state index contributed by atoms with van der Waals surface area (Å²) < 4.78 is 26.9. The van der Waals surface area contributed by atoms with Gasteiger partial charge in [-0.25, -0.2) is 4.39 Å². The second kappa shape index (κ2) is 8.88. The average molecular weight is 429 g/mol. The van der Waals surface area contributed by atoms with Gasteiger partial charge in [0.2, 0.25) is 5.06 Å². The summed E-state index contributed by atoms with van der Waals surface area (Å²) in [6.45, 7) is 0.552. The van der Waals surface area contributed by atoms with Crippen LogP contribution in [0.1, 0.15) is 31.2 Å². The Morgan fingerprint density at radius 3 is 2.60 bits per heavy atom. The van der Waals surface area contributed by atoms with E-state index in [1.165, 1.54) is 13.2 Å². The molecule has 4 rings (SSSR count). The molecule has 0 N–H and O–H groups in total. The molecule has 0 aliphatic heterocycles. The lowest BCUT2D eigenvalue weighted by Crippen LogP contribution is -2.51. The average Bonchev–Trinajstić information content (AvgIpc) is 3.28. The largest absolute Gasteiger partial charge is 0.347 e. The molecule has 0 saturated heterocycles. The van der Waals surface area contributed by atoms with Crippen molar-refractivity contribution < 1.29 is 13.9 Å². The number of alkyl halides is 2. The molecule has 2 atom stereocenters. The summed E-state index contributed by atoms with van der Waals surface area (Å²) in [5, 5.41) is -1.75. The fraction of sp³-hybridized carbons (Fsp3) is 0.375. The Morgan fingerprint density at radius 1 is 1.17 bits per heavy atom. The lowest BCUT2D eigenvalue weighted by molar-refractivity contribution is -0.194. The third-order valence-corrected chi connectivity index (χ3v) is 6.10. The Kier molecular flexibility index (Phi) is 6.23. The molecule has 6 heteroatoms. The summed E-state index contributed by atoms with van der Waals surface area (Å²) in [4.78, 5) is 6.28. The van der Waals surface area contributed by atoms with Crippen LogP contribution in [0.15, 0.2) is 78.8 Å². The fourth-order valence-electron chi connectivity index (χ4n) is 3.99. The molecule has 2 aliphatic carbocycles. The van der Waals surface area contributed by atoms with Gasteiger partial charge in [0.25, 0.3) is 5.85 Å². The Labute approximate surface area is 182 Å². The Balaban J connectivity index is 1.71. The van der Waals surface area contributed by atoms with Gasteiger partial charge >= 0.3 is 0 Å². The first-order valence-electron chi connectivity index (χ1n) is 10.3. The molecule has 2 aromatic rings. The zero-order valence-corrected chi connectivity index (χ0v) is 17.8. The highest BCUT2D eigenvalue weighted by Crippen LogP contribution is 2.45. The van der Waals surface area contributed by atoms with Gasteiger partial charge in [0.05, 0.1) is 6.10 Å². The maximum Gasteiger partial charge on any atom is 0.276 e. The number of pyridine rings is 1. The van der Waals surface area contributed by atoms with Gasteiger partial charge in [0.15, 0.2) is 0 Å². The normalized spacial score (nSPS) is 26.6. The van der Waals surface area contributed by atoms with Crippen molar-refractivity contribution in [3.63, 3.8) is 0 Å². The summed E-state index contributed by atoms with van der Waals surface area (Å²) >= 11 is 6.80. The number of anilines is 1. The van der Waals surface area contributed by atoms with Gasteiger partial charge in [-0.2, -0.15) is 0 Å². The molecule has 0 bridgehead atoms. The molecule has 30 heavy (non-hydrogen) atoms. The predicted molar refractivity (Wildman–Crippen MR) is 117 cm³/mol. The van der Waals surface area contributed by atoms with Gasteiger partial charge in [-0.05, 0) is 54.8 Å². The molecular formula is C24H26ClFN2O2. The number of aromatic nitrogens is 1. The number of hydrogen-bond donors (Lipinski definition) is 0. The number of benzene rings is 1. The molecule has 1 saturated carbocycles. The van der Waals surface area contributed by atoms with Crippen molar-refractivity contribution in [1.29, 1.82) is 0 Å². The van der Waals surface area contributed by atoms with Crippen LogP contribution in [-0.2, 0) is 16.0 Å². The summed E-state index contributed by atoms with van der Waals surface area (Å²) in [7, 11) is 1.31. The minimum atomic E-state index is -2.25. The van der Waals surface area contributed by atoms with Crippen molar-refractivity contribution in [2.45, 2.75) is 49.2 Å². The molecule has 1 aromatic carbocycles. The van der Waals surface area contributed by atoms with E-state index < -0.39 is 10.9 Å². The van der Waals surface area contributed by atoms with E-state index >= 15 is 4.39 Å². The first kappa shape index (κ1) is 21.0.